The Morgan fingerprint density at radius 1 is 1.22 bits per heavy atom. The van der Waals surface area contributed by atoms with Crippen LogP contribution in [-0.4, -0.2) is 16.0 Å². The molecule has 2 N–H and O–H groups in total. The number of carbonyl (C=O) groups is 1. The van der Waals surface area contributed by atoms with Gasteiger partial charge in [-0.15, -0.1) is 0 Å². The van der Waals surface area contributed by atoms with Crippen LogP contribution in [0.2, 0.25) is 0 Å². The molecule has 2 aromatic rings. The van der Waals surface area contributed by atoms with Crippen molar-refractivity contribution in [1.82, 2.24) is 10.3 Å². The van der Waals surface area contributed by atoms with Crippen molar-refractivity contribution < 1.29 is 9.90 Å². The summed E-state index contributed by atoms with van der Waals surface area (Å²) in [5.41, 5.74) is 1.02. The summed E-state index contributed by atoms with van der Waals surface area (Å²) in [5.74, 6) is -0.270. The summed E-state index contributed by atoms with van der Waals surface area (Å²) in [6.45, 7) is 1.87. The fraction of sp³-hybridized carbons (Fsp3) is 0.143. The summed E-state index contributed by atoms with van der Waals surface area (Å²) in [5, 5.41) is 13.3. The van der Waals surface area contributed by atoms with Gasteiger partial charge >= 0.3 is 0 Å². The molecule has 4 nitrogen and oxygen atoms in total. The van der Waals surface area contributed by atoms with Crippen LogP contribution in [0.15, 0.2) is 42.6 Å². The molecule has 4 heteroatoms. The number of hydrogen-bond donors (Lipinski definition) is 2. The quantitative estimate of drug-likeness (QED) is 0.790. The van der Waals surface area contributed by atoms with Gasteiger partial charge in [0.1, 0.15) is 0 Å². The molecule has 2 heterocycles. The predicted molar refractivity (Wildman–Crippen MR) is 65.9 cm³/mol. The van der Waals surface area contributed by atoms with Gasteiger partial charge in [0.2, 0.25) is 0 Å². The summed E-state index contributed by atoms with van der Waals surface area (Å²) >= 11 is 0. The van der Waals surface area contributed by atoms with E-state index in [-0.39, 0.29) is 5.91 Å². The Kier molecular flexibility index (Phi) is 2.21. The van der Waals surface area contributed by atoms with Crippen LogP contribution in [0.1, 0.15) is 27.2 Å². The van der Waals surface area contributed by atoms with Crippen molar-refractivity contribution in [3.63, 3.8) is 0 Å². The van der Waals surface area contributed by atoms with Gasteiger partial charge in [0.15, 0.2) is 5.72 Å². The number of fused-ring (bicyclic) bond motifs is 1. The second kappa shape index (κ2) is 3.65. The fourth-order valence-corrected chi connectivity index (χ4v) is 2.21. The second-order valence-electron chi connectivity index (χ2n) is 4.40. The average Bonchev–Trinajstić information content (AvgIpc) is 2.64. The number of aryl methyl sites for hydroxylation is 1. The van der Waals surface area contributed by atoms with Crippen molar-refractivity contribution in [1.29, 1.82) is 0 Å². The van der Waals surface area contributed by atoms with E-state index in [9.17, 15) is 9.90 Å². The topological polar surface area (TPSA) is 62.2 Å². The van der Waals surface area contributed by atoms with E-state index >= 15 is 0 Å². The molecule has 1 aliphatic rings. The lowest BCUT2D eigenvalue weighted by Gasteiger charge is -2.24. The predicted octanol–water partition coefficient (Wildman–Crippen LogP) is 1.33. The summed E-state index contributed by atoms with van der Waals surface area (Å²) < 4.78 is 0. The van der Waals surface area contributed by atoms with E-state index in [0.717, 1.165) is 5.69 Å². The van der Waals surface area contributed by atoms with Crippen LogP contribution in [-0.2, 0) is 5.72 Å². The zero-order valence-electron chi connectivity index (χ0n) is 9.84. The molecule has 18 heavy (non-hydrogen) atoms. The lowest BCUT2D eigenvalue weighted by atomic mass is 9.96. The minimum Gasteiger partial charge on any atom is -0.363 e. The normalized spacial score (nSPS) is 21.6. The van der Waals surface area contributed by atoms with Gasteiger partial charge in [-0.2, -0.15) is 0 Å². The first-order chi connectivity index (χ1) is 8.61. The van der Waals surface area contributed by atoms with Gasteiger partial charge in [0.25, 0.3) is 5.91 Å². The molecule has 1 atom stereocenters. The average molecular weight is 240 g/mol. The molecule has 0 spiro atoms. The third kappa shape index (κ3) is 1.43. The Morgan fingerprint density at radius 3 is 2.72 bits per heavy atom. The van der Waals surface area contributed by atoms with Gasteiger partial charge in [-0.25, -0.2) is 0 Å². The van der Waals surface area contributed by atoms with Crippen LogP contribution in [0.3, 0.4) is 0 Å². The first-order valence-electron chi connectivity index (χ1n) is 5.69. The van der Waals surface area contributed by atoms with Gasteiger partial charge in [0, 0.05) is 28.6 Å². The maximum absolute atomic E-state index is 11.8. The molecule has 0 fully saturated rings. The molecule has 1 aliphatic heterocycles. The highest BCUT2D eigenvalue weighted by Crippen LogP contribution is 2.34. The maximum atomic E-state index is 11.8. The number of aliphatic hydroxyl groups is 1. The van der Waals surface area contributed by atoms with Crippen molar-refractivity contribution in [2.24, 2.45) is 0 Å². The van der Waals surface area contributed by atoms with Gasteiger partial charge in [-0.3, -0.25) is 9.78 Å². The molecule has 1 aromatic heterocycles. The fourth-order valence-electron chi connectivity index (χ4n) is 2.21. The SMILES string of the molecule is Cc1ccc(C2(O)NC(=O)c3ccccc32)cn1. The number of benzene rings is 1. The molecule has 0 bridgehead atoms. The lowest BCUT2D eigenvalue weighted by molar-refractivity contribution is 0.0473. The number of nitrogens with zero attached hydrogens (tertiary/aromatic N) is 1. The molecule has 1 aromatic carbocycles. The third-order valence-corrected chi connectivity index (χ3v) is 3.19. The molecule has 0 aliphatic carbocycles. The third-order valence-electron chi connectivity index (χ3n) is 3.19. The molecule has 0 saturated carbocycles. The molecule has 90 valence electrons. The maximum Gasteiger partial charge on any atom is 0.254 e. The van der Waals surface area contributed by atoms with Crippen molar-refractivity contribution in [3.8, 4) is 0 Å². The minimum atomic E-state index is -1.48. The zero-order valence-corrected chi connectivity index (χ0v) is 9.84. The van der Waals surface area contributed by atoms with Crippen LogP contribution >= 0.6 is 0 Å². The van der Waals surface area contributed by atoms with Crippen LogP contribution in [0, 0.1) is 6.92 Å². The molecular weight excluding hydrogens is 228 g/mol. The highest BCUT2D eigenvalue weighted by atomic mass is 16.3. The Balaban J connectivity index is 2.17. The van der Waals surface area contributed by atoms with Gasteiger partial charge in [-0.1, -0.05) is 24.3 Å². The van der Waals surface area contributed by atoms with Crippen molar-refractivity contribution in [3.05, 3.63) is 65.0 Å². The first kappa shape index (κ1) is 10.9. The van der Waals surface area contributed by atoms with Crippen molar-refractivity contribution in [2.75, 3.05) is 0 Å². The van der Waals surface area contributed by atoms with E-state index in [4.69, 9.17) is 0 Å². The number of hydrogen-bond acceptors (Lipinski definition) is 3. The number of aromatic nitrogens is 1. The van der Waals surface area contributed by atoms with Gasteiger partial charge in [0.05, 0.1) is 0 Å². The highest BCUT2D eigenvalue weighted by molar-refractivity contribution is 6.00. The first-order valence-corrected chi connectivity index (χ1v) is 5.69. The van der Waals surface area contributed by atoms with Crippen molar-refractivity contribution in [2.45, 2.75) is 12.6 Å². The number of rotatable bonds is 1. The highest BCUT2D eigenvalue weighted by Gasteiger charge is 2.42. The van der Waals surface area contributed by atoms with E-state index < -0.39 is 5.72 Å². The molecule has 1 amide bonds. The Labute approximate surface area is 104 Å². The van der Waals surface area contributed by atoms with E-state index in [2.05, 4.69) is 10.3 Å². The van der Waals surface area contributed by atoms with Gasteiger partial charge in [-0.05, 0) is 19.1 Å². The van der Waals surface area contributed by atoms with Crippen LogP contribution in [0.4, 0.5) is 0 Å². The number of pyridine rings is 1. The molecule has 0 radical (unpaired) electrons. The summed E-state index contributed by atoms with van der Waals surface area (Å²) in [6.07, 6.45) is 1.58. The standard InChI is InChI=1S/C14H12N2O2/c1-9-6-7-10(8-15-9)14(18)12-5-3-2-4-11(12)13(17)16-14/h2-8,18H,1H3,(H,16,17). The molecular formula is C14H12N2O2. The van der Waals surface area contributed by atoms with Crippen LogP contribution in [0.5, 0.6) is 0 Å². The van der Waals surface area contributed by atoms with Crippen molar-refractivity contribution >= 4 is 5.91 Å². The van der Waals surface area contributed by atoms with Crippen LogP contribution < -0.4 is 5.32 Å². The molecule has 3 rings (SSSR count). The summed E-state index contributed by atoms with van der Waals surface area (Å²) in [4.78, 5) is 16.0. The number of carbonyl (C=O) groups excluding carboxylic acids is 1. The van der Waals surface area contributed by atoms with E-state index in [0.29, 0.717) is 16.7 Å². The summed E-state index contributed by atoms with van der Waals surface area (Å²) in [6, 6.07) is 10.6. The number of nitrogens with one attached hydrogen (secondary N) is 1. The molecule has 1 unspecified atom stereocenters. The minimum absolute atomic E-state index is 0.270. The molecule has 0 saturated heterocycles. The lowest BCUT2D eigenvalue weighted by Crippen LogP contribution is -2.40. The van der Waals surface area contributed by atoms with E-state index in [1.54, 1.807) is 42.6 Å². The Hall–Kier alpha value is -2.20. The smallest absolute Gasteiger partial charge is 0.254 e. The van der Waals surface area contributed by atoms with E-state index in [1.165, 1.54) is 0 Å². The largest absolute Gasteiger partial charge is 0.363 e. The summed E-state index contributed by atoms with van der Waals surface area (Å²) in [7, 11) is 0. The Bertz CT molecular complexity index is 622. The van der Waals surface area contributed by atoms with Crippen LogP contribution in [0.25, 0.3) is 0 Å². The van der Waals surface area contributed by atoms with Gasteiger partial charge < -0.3 is 10.4 Å². The second-order valence-corrected chi connectivity index (χ2v) is 4.40. The zero-order chi connectivity index (χ0) is 12.8. The Morgan fingerprint density at radius 2 is 2.00 bits per heavy atom. The monoisotopic (exact) mass is 240 g/mol. The van der Waals surface area contributed by atoms with E-state index in [1.807, 2.05) is 6.92 Å². The number of amides is 1.